The SMILES string of the molecule is CCCCCCCC(F)(F)C(F)(F)S(=O)(=O)O.c1ccncc1. The van der Waals surface area contributed by atoms with Gasteiger partial charge in [-0.2, -0.15) is 26.0 Å². The van der Waals surface area contributed by atoms with E-state index in [1.807, 2.05) is 25.1 Å². The molecule has 0 aliphatic carbocycles. The quantitative estimate of drug-likeness (QED) is 0.420. The van der Waals surface area contributed by atoms with Gasteiger partial charge in [0.2, 0.25) is 0 Å². The fourth-order valence-corrected chi connectivity index (χ4v) is 2.08. The average molecular weight is 359 g/mol. The lowest BCUT2D eigenvalue weighted by Crippen LogP contribution is -2.46. The molecule has 0 bridgehead atoms. The number of alkyl halides is 4. The van der Waals surface area contributed by atoms with Crippen LogP contribution in [0, 0.1) is 0 Å². The number of rotatable bonds is 8. The zero-order chi connectivity index (χ0) is 18.0. The Balaban J connectivity index is 0.000000664. The monoisotopic (exact) mass is 359 g/mol. The smallest absolute Gasteiger partial charge is 0.281 e. The molecule has 0 saturated carbocycles. The van der Waals surface area contributed by atoms with Gasteiger partial charge in [-0.05, 0) is 18.6 Å². The maximum Gasteiger partial charge on any atom is 0.431 e. The number of hydrogen-bond donors (Lipinski definition) is 1. The first kappa shape index (κ1) is 21.8. The van der Waals surface area contributed by atoms with Crippen LogP contribution < -0.4 is 0 Å². The van der Waals surface area contributed by atoms with Gasteiger partial charge in [0.05, 0.1) is 0 Å². The van der Waals surface area contributed by atoms with Gasteiger partial charge in [-0.3, -0.25) is 9.54 Å². The molecule has 1 N–H and O–H groups in total. The van der Waals surface area contributed by atoms with E-state index in [-0.39, 0.29) is 6.42 Å². The lowest BCUT2D eigenvalue weighted by Gasteiger charge is -2.23. The van der Waals surface area contributed by atoms with Crippen molar-refractivity contribution in [3.8, 4) is 0 Å². The van der Waals surface area contributed by atoms with Crippen molar-refractivity contribution in [2.75, 3.05) is 0 Å². The molecule has 0 aliphatic rings. The molecule has 0 amide bonds. The second-order valence-corrected chi connectivity index (χ2v) is 6.35. The Morgan fingerprint density at radius 2 is 1.48 bits per heavy atom. The highest BCUT2D eigenvalue weighted by atomic mass is 32.2. The van der Waals surface area contributed by atoms with Crippen LogP contribution in [-0.2, 0) is 10.1 Å². The molecule has 23 heavy (non-hydrogen) atoms. The van der Waals surface area contributed by atoms with Crippen molar-refractivity contribution >= 4 is 10.1 Å². The first-order valence-corrected chi connectivity index (χ1v) is 8.58. The number of nitrogens with zero attached hydrogens (tertiary/aromatic N) is 1. The zero-order valence-corrected chi connectivity index (χ0v) is 13.6. The summed E-state index contributed by atoms with van der Waals surface area (Å²) in [4.78, 5) is 3.78. The van der Waals surface area contributed by atoms with Gasteiger partial charge in [-0.15, -0.1) is 0 Å². The lowest BCUT2D eigenvalue weighted by molar-refractivity contribution is -0.164. The van der Waals surface area contributed by atoms with E-state index in [0.717, 1.165) is 12.8 Å². The van der Waals surface area contributed by atoms with E-state index in [4.69, 9.17) is 4.55 Å². The van der Waals surface area contributed by atoms with Crippen LogP contribution in [-0.4, -0.2) is 29.1 Å². The molecule has 0 radical (unpaired) electrons. The third kappa shape index (κ3) is 7.74. The maximum absolute atomic E-state index is 12.9. The molecule has 0 unspecified atom stereocenters. The molecule has 1 heterocycles. The van der Waals surface area contributed by atoms with Crippen molar-refractivity contribution in [3.05, 3.63) is 30.6 Å². The Bertz CT molecular complexity index is 497. The molecule has 0 aromatic carbocycles. The average Bonchev–Trinajstić information content (AvgIpc) is 2.48. The van der Waals surface area contributed by atoms with Crippen LogP contribution in [0.3, 0.4) is 0 Å². The summed E-state index contributed by atoms with van der Waals surface area (Å²) in [5.74, 6) is -4.74. The third-order valence-corrected chi connectivity index (χ3v) is 3.86. The van der Waals surface area contributed by atoms with Crippen molar-refractivity contribution in [1.82, 2.24) is 4.98 Å². The van der Waals surface area contributed by atoms with E-state index >= 15 is 0 Å². The van der Waals surface area contributed by atoms with Crippen molar-refractivity contribution in [3.63, 3.8) is 0 Å². The van der Waals surface area contributed by atoms with Gasteiger partial charge in [-0.25, -0.2) is 0 Å². The molecular weight excluding hydrogens is 338 g/mol. The van der Waals surface area contributed by atoms with Crippen molar-refractivity contribution in [2.45, 2.75) is 56.6 Å². The molecule has 1 rings (SSSR count). The fraction of sp³-hybridized carbons (Fsp3) is 0.643. The normalized spacial score (nSPS) is 12.4. The van der Waals surface area contributed by atoms with Crippen molar-refractivity contribution in [2.24, 2.45) is 0 Å². The number of aromatic nitrogens is 1. The number of pyridine rings is 1. The number of hydrogen-bond acceptors (Lipinski definition) is 3. The third-order valence-electron chi connectivity index (χ3n) is 2.91. The Morgan fingerprint density at radius 3 is 1.83 bits per heavy atom. The molecule has 1 aromatic heterocycles. The topological polar surface area (TPSA) is 67.3 Å². The summed E-state index contributed by atoms with van der Waals surface area (Å²) in [7, 11) is -6.09. The van der Waals surface area contributed by atoms with Crippen LogP contribution in [0.2, 0.25) is 0 Å². The summed E-state index contributed by atoms with van der Waals surface area (Å²) in [5.41, 5.74) is 0. The summed E-state index contributed by atoms with van der Waals surface area (Å²) >= 11 is 0. The van der Waals surface area contributed by atoms with E-state index in [1.165, 1.54) is 0 Å². The standard InChI is InChI=1S/C9H16F4O3S.C5H5N/c1-2-3-4-5-6-7-8(10,11)9(12,13)17(14,15)16;1-2-4-6-5-3-1/h2-7H2,1H3,(H,14,15,16);1-5H. The summed E-state index contributed by atoms with van der Waals surface area (Å²) in [6, 6.07) is 5.72. The minimum Gasteiger partial charge on any atom is -0.281 e. The predicted molar refractivity (Wildman–Crippen MR) is 79.1 cm³/mol. The second kappa shape index (κ2) is 9.82. The minimum absolute atomic E-state index is 0.210. The molecule has 0 aliphatic heterocycles. The number of halogens is 4. The van der Waals surface area contributed by atoms with E-state index < -0.39 is 27.7 Å². The van der Waals surface area contributed by atoms with Gasteiger partial charge in [-0.1, -0.05) is 38.7 Å². The molecule has 9 heteroatoms. The van der Waals surface area contributed by atoms with E-state index in [0.29, 0.717) is 12.8 Å². The van der Waals surface area contributed by atoms with Gasteiger partial charge < -0.3 is 0 Å². The highest BCUT2D eigenvalue weighted by molar-refractivity contribution is 7.87. The summed E-state index contributed by atoms with van der Waals surface area (Å²) < 4.78 is 79.6. The van der Waals surface area contributed by atoms with Crippen LogP contribution in [0.1, 0.15) is 45.4 Å². The van der Waals surface area contributed by atoms with Gasteiger partial charge in [0.15, 0.2) is 0 Å². The Kier molecular flexibility index (Phi) is 9.29. The largest absolute Gasteiger partial charge is 0.431 e. The van der Waals surface area contributed by atoms with Crippen LogP contribution in [0.4, 0.5) is 17.6 Å². The van der Waals surface area contributed by atoms with Crippen LogP contribution in [0.25, 0.3) is 0 Å². The first-order valence-electron chi connectivity index (χ1n) is 7.14. The predicted octanol–water partition coefficient (Wildman–Crippen LogP) is 4.54. The Morgan fingerprint density at radius 1 is 0.957 bits per heavy atom. The second-order valence-electron chi connectivity index (χ2n) is 4.89. The van der Waals surface area contributed by atoms with Gasteiger partial charge in [0.1, 0.15) is 0 Å². The molecule has 1 aromatic rings. The van der Waals surface area contributed by atoms with Crippen molar-refractivity contribution in [1.29, 1.82) is 0 Å². The Labute approximate surface area is 133 Å². The van der Waals surface area contributed by atoms with Gasteiger partial charge in [0, 0.05) is 18.8 Å². The highest BCUT2D eigenvalue weighted by Gasteiger charge is 2.64. The van der Waals surface area contributed by atoms with E-state index in [1.54, 1.807) is 12.4 Å². The van der Waals surface area contributed by atoms with E-state index in [9.17, 15) is 26.0 Å². The lowest BCUT2D eigenvalue weighted by atomic mass is 10.1. The first-order chi connectivity index (χ1) is 10.6. The van der Waals surface area contributed by atoms with Gasteiger partial charge >= 0.3 is 21.3 Å². The highest BCUT2D eigenvalue weighted by Crippen LogP contribution is 2.41. The molecular formula is C14H21F4NO3S. The van der Waals surface area contributed by atoms with Crippen molar-refractivity contribution < 1.29 is 30.5 Å². The summed E-state index contributed by atoms with van der Waals surface area (Å²) in [6.07, 6.45) is 4.66. The molecule has 0 saturated heterocycles. The number of unbranched alkanes of at least 4 members (excludes halogenated alkanes) is 4. The zero-order valence-electron chi connectivity index (χ0n) is 12.8. The summed E-state index contributed by atoms with van der Waals surface area (Å²) in [5, 5.41) is -5.43. The van der Waals surface area contributed by atoms with Crippen LogP contribution >= 0.6 is 0 Å². The van der Waals surface area contributed by atoms with Crippen LogP contribution in [0.15, 0.2) is 30.6 Å². The molecule has 134 valence electrons. The molecule has 4 nitrogen and oxygen atoms in total. The Hall–Kier alpha value is -1.22. The van der Waals surface area contributed by atoms with Gasteiger partial charge in [0.25, 0.3) is 0 Å². The van der Waals surface area contributed by atoms with Crippen LogP contribution in [0.5, 0.6) is 0 Å². The van der Waals surface area contributed by atoms with E-state index in [2.05, 4.69) is 4.98 Å². The summed E-state index contributed by atoms with van der Waals surface area (Å²) in [6.45, 7) is 1.90. The maximum atomic E-state index is 12.9. The minimum atomic E-state index is -6.09. The molecule has 0 spiro atoms. The molecule has 0 atom stereocenters. The fourth-order valence-electron chi connectivity index (χ4n) is 1.60. The molecule has 0 fully saturated rings.